The van der Waals surface area contributed by atoms with Crippen LogP contribution in [0.5, 0.6) is 5.75 Å². The Morgan fingerprint density at radius 1 is 1.21 bits per heavy atom. The van der Waals surface area contributed by atoms with E-state index in [4.69, 9.17) is 9.47 Å². The first-order chi connectivity index (χ1) is 9.04. The Balaban J connectivity index is 1.80. The zero-order chi connectivity index (χ0) is 13.8. The van der Waals surface area contributed by atoms with Gasteiger partial charge < -0.3 is 9.47 Å². The van der Waals surface area contributed by atoms with Gasteiger partial charge in [-0.1, -0.05) is 17.7 Å². The number of morpholine rings is 1. The molecule has 1 aliphatic heterocycles. The van der Waals surface area contributed by atoms with Crippen molar-refractivity contribution >= 4 is 0 Å². The fourth-order valence-corrected chi connectivity index (χ4v) is 2.71. The maximum absolute atomic E-state index is 5.88. The molecule has 1 aliphatic rings. The van der Waals surface area contributed by atoms with Crippen molar-refractivity contribution < 1.29 is 9.47 Å². The van der Waals surface area contributed by atoms with E-state index in [1.165, 1.54) is 11.1 Å². The second-order valence-electron chi connectivity index (χ2n) is 5.63. The molecule has 1 aromatic carbocycles. The molecule has 0 aliphatic carbocycles. The van der Waals surface area contributed by atoms with Crippen molar-refractivity contribution in [3.05, 3.63) is 29.3 Å². The van der Waals surface area contributed by atoms with Gasteiger partial charge in [0.05, 0.1) is 12.2 Å². The molecule has 1 aromatic rings. The van der Waals surface area contributed by atoms with Crippen molar-refractivity contribution in [1.29, 1.82) is 0 Å². The van der Waals surface area contributed by atoms with Crippen LogP contribution in [0.4, 0.5) is 0 Å². The minimum Gasteiger partial charge on any atom is -0.492 e. The molecule has 19 heavy (non-hydrogen) atoms. The van der Waals surface area contributed by atoms with E-state index >= 15 is 0 Å². The van der Waals surface area contributed by atoms with Gasteiger partial charge in [0.25, 0.3) is 0 Å². The Morgan fingerprint density at radius 3 is 2.53 bits per heavy atom. The average molecular weight is 263 g/mol. The number of benzene rings is 1. The molecule has 0 spiro atoms. The topological polar surface area (TPSA) is 21.7 Å². The smallest absolute Gasteiger partial charge is 0.122 e. The third-order valence-electron chi connectivity index (χ3n) is 3.49. The van der Waals surface area contributed by atoms with Gasteiger partial charge in [-0.2, -0.15) is 0 Å². The molecule has 0 saturated carbocycles. The molecule has 0 bridgehead atoms. The van der Waals surface area contributed by atoms with Crippen LogP contribution in [0.25, 0.3) is 0 Å². The largest absolute Gasteiger partial charge is 0.492 e. The van der Waals surface area contributed by atoms with E-state index < -0.39 is 0 Å². The monoisotopic (exact) mass is 263 g/mol. The van der Waals surface area contributed by atoms with Gasteiger partial charge in [-0.25, -0.2) is 0 Å². The van der Waals surface area contributed by atoms with E-state index in [0.29, 0.717) is 12.2 Å². The van der Waals surface area contributed by atoms with Gasteiger partial charge in [-0.3, -0.25) is 4.90 Å². The molecule has 2 rings (SSSR count). The Hall–Kier alpha value is -1.06. The SMILES string of the molecule is Cc1ccc(OCCN2C[C@@H](C)O[C@@H](C)C2)c(C)c1. The first-order valence-electron chi connectivity index (χ1n) is 7.12. The van der Waals surface area contributed by atoms with Crippen molar-refractivity contribution in [2.75, 3.05) is 26.2 Å². The number of aryl methyl sites for hydroxylation is 2. The summed E-state index contributed by atoms with van der Waals surface area (Å²) < 4.78 is 11.6. The van der Waals surface area contributed by atoms with E-state index in [1.54, 1.807) is 0 Å². The molecule has 0 N–H and O–H groups in total. The molecule has 1 heterocycles. The predicted octanol–water partition coefficient (Wildman–Crippen LogP) is 2.79. The maximum Gasteiger partial charge on any atom is 0.122 e. The molecule has 0 aromatic heterocycles. The first-order valence-corrected chi connectivity index (χ1v) is 7.12. The number of rotatable bonds is 4. The van der Waals surface area contributed by atoms with Crippen LogP contribution < -0.4 is 4.74 Å². The van der Waals surface area contributed by atoms with Crippen LogP contribution >= 0.6 is 0 Å². The summed E-state index contributed by atoms with van der Waals surface area (Å²) in [4.78, 5) is 2.42. The van der Waals surface area contributed by atoms with Gasteiger partial charge >= 0.3 is 0 Å². The van der Waals surface area contributed by atoms with E-state index in [0.717, 1.165) is 32.0 Å². The van der Waals surface area contributed by atoms with Gasteiger partial charge in [0.2, 0.25) is 0 Å². The summed E-state index contributed by atoms with van der Waals surface area (Å²) in [6.07, 6.45) is 0.648. The van der Waals surface area contributed by atoms with Crippen molar-refractivity contribution in [2.24, 2.45) is 0 Å². The highest BCUT2D eigenvalue weighted by Crippen LogP contribution is 2.18. The summed E-state index contributed by atoms with van der Waals surface area (Å²) in [7, 11) is 0. The standard InChI is InChI=1S/C16H25NO2/c1-12-5-6-16(13(2)9-12)18-8-7-17-10-14(3)19-15(4)11-17/h5-6,9,14-15H,7-8,10-11H2,1-4H3/t14-,15+. The van der Waals surface area contributed by atoms with E-state index in [2.05, 4.69) is 50.8 Å². The molecule has 106 valence electrons. The van der Waals surface area contributed by atoms with E-state index in [1.807, 2.05) is 0 Å². The Labute approximate surface area is 116 Å². The number of hydrogen-bond donors (Lipinski definition) is 0. The lowest BCUT2D eigenvalue weighted by Crippen LogP contribution is -2.46. The molecule has 1 saturated heterocycles. The van der Waals surface area contributed by atoms with Crippen molar-refractivity contribution in [3.8, 4) is 5.75 Å². The third-order valence-corrected chi connectivity index (χ3v) is 3.49. The van der Waals surface area contributed by atoms with Crippen molar-refractivity contribution in [1.82, 2.24) is 4.90 Å². The fraction of sp³-hybridized carbons (Fsp3) is 0.625. The van der Waals surface area contributed by atoms with Crippen molar-refractivity contribution in [2.45, 2.75) is 39.9 Å². The molecule has 3 nitrogen and oxygen atoms in total. The zero-order valence-corrected chi connectivity index (χ0v) is 12.5. The molecule has 2 atom stereocenters. The van der Waals surface area contributed by atoms with E-state index in [-0.39, 0.29) is 0 Å². The minimum absolute atomic E-state index is 0.324. The van der Waals surface area contributed by atoms with Crippen LogP contribution in [0.1, 0.15) is 25.0 Å². The van der Waals surface area contributed by atoms with Crippen LogP contribution in [0.15, 0.2) is 18.2 Å². The number of nitrogens with zero attached hydrogens (tertiary/aromatic N) is 1. The maximum atomic E-state index is 5.88. The molecule has 0 radical (unpaired) electrons. The Morgan fingerprint density at radius 2 is 1.89 bits per heavy atom. The lowest BCUT2D eigenvalue weighted by molar-refractivity contribution is -0.0699. The summed E-state index contributed by atoms with van der Waals surface area (Å²) in [5.41, 5.74) is 2.49. The normalized spacial score (nSPS) is 24.4. The molecule has 1 fully saturated rings. The quantitative estimate of drug-likeness (QED) is 0.834. The molecular weight excluding hydrogens is 238 g/mol. The van der Waals surface area contributed by atoms with Gasteiger partial charge in [-0.15, -0.1) is 0 Å². The van der Waals surface area contributed by atoms with Crippen molar-refractivity contribution in [3.63, 3.8) is 0 Å². The highest BCUT2D eigenvalue weighted by atomic mass is 16.5. The zero-order valence-electron chi connectivity index (χ0n) is 12.5. The molecular formula is C16H25NO2. The lowest BCUT2D eigenvalue weighted by Gasteiger charge is -2.35. The van der Waals surface area contributed by atoms with Crippen LogP contribution in [-0.2, 0) is 4.74 Å². The second-order valence-corrected chi connectivity index (χ2v) is 5.63. The molecule has 0 amide bonds. The van der Waals surface area contributed by atoms with Crippen LogP contribution in [0, 0.1) is 13.8 Å². The Kier molecular flexibility index (Phi) is 4.83. The predicted molar refractivity (Wildman–Crippen MR) is 77.9 cm³/mol. The summed E-state index contributed by atoms with van der Waals surface area (Å²) in [6, 6.07) is 6.32. The molecule has 3 heteroatoms. The fourth-order valence-electron chi connectivity index (χ4n) is 2.71. The number of hydrogen-bond acceptors (Lipinski definition) is 3. The summed E-state index contributed by atoms with van der Waals surface area (Å²) >= 11 is 0. The highest BCUT2D eigenvalue weighted by molar-refractivity contribution is 5.35. The summed E-state index contributed by atoms with van der Waals surface area (Å²) in [6.45, 7) is 12.2. The Bertz CT molecular complexity index is 409. The van der Waals surface area contributed by atoms with Crippen LogP contribution in [0.3, 0.4) is 0 Å². The number of ether oxygens (including phenoxy) is 2. The highest BCUT2D eigenvalue weighted by Gasteiger charge is 2.21. The minimum atomic E-state index is 0.324. The van der Waals surface area contributed by atoms with Gasteiger partial charge in [0.15, 0.2) is 0 Å². The van der Waals surface area contributed by atoms with Gasteiger partial charge in [-0.05, 0) is 39.3 Å². The third kappa shape index (κ3) is 4.22. The second kappa shape index (κ2) is 6.40. The van der Waals surface area contributed by atoms with Crippen LogP contribution in [0.2, 0.25) is 0 Å². The van der Waals surface area contributed by atoms with Gasteiger partial charge in [0.1, 0.15) is 12.4 Å². The summed E-state index contributed by atoms with van der Waals surface area (Å²) in [5.74, 6) is 1.000. The molecule has 0 unspecified atom stereocenters. The average Bonchev–Trinajstić information content (AvgIpc) is 2.30. The lowest BCUT2D eigenvalue weighted by atomic mass is 10.1. The van der Waals surface area contributed by atoms with E-state index in [9.17, 15) is 0 Å². The first kappa shape index (κ1) is 14.4. The summed E-state index contributed by atoms with van der Waals surface area (Å²) in [5, 5.41) is 0. The van der Waals surface area contributed by atoms with Gasteiger partial charge in [0, 0.05) is 19.6 Å². The van der Waals surface area contributed by atoms with Crippen LogP contribution in [-0.4, -0.2) is 43.3 Å².